The minimum atomic E-state index is -4.45. The fraction of sp³-hybridized carbons (Fsp3) is 0.423. The topological polar surface area (TPSA) is 226 Å². The van der Waals surface area contributed by atoms with Crippen molar-refractivity contribution in [3.8, 4) is 11.6 Å². The number of hydrogen-bond acceptors (Lipinski definition) is 13. The minimum Gasteiger partial charge on any atom is -0.480 e. The summed E-state index contributed by atoms with van der Waals surface area (Å²) in [4.78, 5) is 28.9. The maximum absolute atomic E-state index is 14.1. The SMILES string of the molecule is COc1nc(N)nc2c1nc(I)n2C1O[C@H](COP(=O)(NC(C(=O)O)C(C)C)Oc2ccc3ncccc3c2)[C@@H](O)[C@@]1(C)O. The van der Waals surface area contributed by atoms with E-state index in [0.717, 1.165) is 0 Å². The first-order valence-corrected chi connectivity index (χ1v) is 16.0. The summed E-state index contributed by atoms with van der Waals surface area (Å²) < 4.78 is 38.7. The van der Waals surface area contributed by atoms with Crippen LogP contribution in [0.3, 0.4) is 0 Å². The number of rotatable bonds is 11. The van der Waals surface area contributed by atoms with Crippen molar-refractivity contribution in [2.24, 2.45) is 5.92 Å². The van der Waals surface area contributed by atoms with Gasteiger partial charge < -0.3 is 35.1 Å². The molecule has 0 amide bonds. The van der Waals surface area contributed by atoms with Crippen molar-refractivity contribution >= 4 is 64.3 Å². The number of nitrogens with two attached hydrogens (primary N) is 1. The summed E-state index contributed by atoms with van der Waals surface area (Å²) >= 11 is 1.91. The number of benzene rings is 1. The predicted molar refractivity (Wildman–Crippen MR) is 165 cm³/mol. The lowest BCUT2D eigenvalue weighted by Gasteiger charge is -2.28. The monoisotopic (exact) mass is 743 g/mol. The number of pyridine rings is 1. The van der Waals surface area contributed by atoms with Crippen LogP contribution in [0, 0.1) is 9.75 Å². The number of ether oxygens (including phenoxy) is 2. The summed E-state index contributed by atoms with van der Waals surface area (Å²) in [6.45, 7) is 4.04. The van der Waals surface area contributed by atoms with Crippen molar-refractivity contribution in [2.45, 2.75) is 50.8 Å². The van der Waals surface area contributed by atoms with Crippen molar-refractivity contribution in [3.05, 3.63) is 40.4 Å². The van der Waals surface area contributed by atoms with Crippen LogP contribution in [0.1, 0.15) is 27.0 Å². The number of fused-ring (bicyclic) bond motifs is 2. The van der Waals surface area contributed by atoms with E-state index < -0.39 is 56.3 Å². The Morgan fingerprint density at radius 3 is 2.73 bits per heavy atom. The molecule has 6 N–H and O–H groups in total. The van der Waals surface area contributed by atoms with Crippen LogP contribution in [0.4, 0.5) is 5.95 Å². The quantitative estimate of drug-likeness (QED) is 0.0845. The van der Waals surface area contributed by atoms with Gasteiger partial charge in [-0.2, -0.15) is 15.1 Å². The van der Waals surface area contributed by atoms with Gasteiger partial charge in [-0.3, -0.25) is 18.9 Å². The molecule has 4 heterocycles. The number of aliphatic hydroxyl groups is 2. The van der Waals surface area contributed by atoms with Crippen LogP contribution in [0.2, 0.25) is 0 Å². The molecule has 5 rings (SSSR count). The molecule has 44 heavy (non-hydrogen) atoms. The first kappa shape index (κ1) is 32.2. The summed E-state index contributed by atoms with van der Waals surface area (Å²) in [5.41, 5.74) is 5.02. The molecule has 236 valence electrons. The van der Waals surface area contributed by atoms with Gasteiger partial charge in [-0.05, 0) is 37.1 Å². The van der Waals surface area contributed by atoms with Gasteiger partial charge in [0.15, 0.2) is 21.2 Å². The zero-order valence-electron chi connectivity index (χ0n) is 24.0. The van der Waals surface area contributed by atoms with E-state index in [-0.39, 0.29) is 28.7 Å². The van der Waals surface area contributed by atoms with E-state index >= 15 is 0 Å². The number of nitrogens with one attached hydrogen (secondary N) is 1. The number of nitrogens with zero attached hydrogens (tertiary/aromatic N) is 5. The largest absolute Gasteiger partial charge is 0.480 e. The molecule has 3 aromatic heterocycles. The number of methoxy groups -OCH3 is 1. The molecule has 6 atom stereocenters. The molecule has 1 aromatic carbocycles. The summed E-state index contributed by atoms with van der Waals surface area (Å²) in [7, 11) is -3.06. The van der Waals surface area contributed by atoms with E-state index in [4.69, 9.17) is 24.3 Å². The second-order valence-corrected chi connectivity index (χ2v) is 13.3. The van der Waals surface area contributed by atoms with Gasteiger partial charge >= 0.3 is 13.7 Å². The summed E-state index contributed by atoms with van der Waals surface area (Å²) in [6, 6.07) is 6.95. The minimum absolute atomic E-state index is 0.106. The Kier molecular flexibility index (Phi) is 9.01. The Hall–Kier alpha value is -3.19. The lowest BCUT2D eigenvalue weighted by atomic mass is 9.96. The number of nitrogen functional groups attached to an aromatic ring is 1. The molecule has 0 bridgehead atoms. The van der Waals surface area contributed by atoms with E-state index in [1.807, 2.05) is 22.6 Å². The van der Waals surface area contributed by atoms with E-state index in [1.54, 1.807) is 44.3 Å². The average Bonchev–Trinajstić information content (AvgIpc) is 3.40. The van der Waals surface area contributed by atoms with Crippen molar-refractivity contribution in [1.29, 1.82) is 0 Å². The van der Waals surface area contributed by atoms with E-state index in [9.17, 15) is 24.7 Å². The third-order valence-electron chi connectivity index (χ3n) is 7.10. The normalized spacial score (nSPS) is 24.0. The highest BCUT2D eigenvalue weighted by Gasteiger charge is 2.55. The number of hydrogen-bond donors (Lipinski definition) is 5. The maximum Gasteiger partial charge on any atom is 0.459 e. The molecular weight excluding hydrogens is 712 g/mol. The molecule has 0 saturated carbocycles. The van der Waals surface area contributed by atoms with Crippen LogP contribution in [0.25, 0.3) is 22.1 Å². The number of imidazole rings is 1. The first-order chi connectivity index (χ1) is 20.7. The summed E-state index contributed by atoms with van der Waals surface area (Å²) in [6.07, 6.45) is -2.46. The zero-order chi connectivity index (χ0) is 32.0. The highest BCUT2D eigenvalue weighted by Crippen LogP contribution is 2.48. The van der Waals surface area contributed by atoms with Crippen LogP contribution < -0.4 is 20.1 Å². The van der Waals surface area contributed by atoms with Gasteiger partial charge in [0.1, 0.15) is 29.6 Å². The van der Waals surface area contributed by atoms with Crippen molar-refractivity contribution in [3.63, 3.8) is 0 Å². The Bertz CT molecular complexity index is 1750. The molecule has 0 radical (unpaired) electrons. The third-order valence-corrected chi connectivity index (χ3v) is 9.40. The lowest BCUT2D eigenvalue weighted by molar-refractivity contribution is -0.140. The summed E-state index contributed by atoms with van der Waals surface area (Å²) in [5.74, 6) is -1.66. The number of aliphatic hydroxyl groups excluding tert-OH is 1. The van der Waals surface area contributed by atoms with Crippen molar-refractivity contribution in [2.75, 3.05) is 19.5 Å². The van der Waals surface area contributed by atoms with Crippen LogP contribution in [-0.2, 0) is 18.6 Å². The number of carboxylic acid groups (broad SMARTS) is 1. The van der Waals surface area contributed by atoms with Crippen LogP contribution in [0.15, 0.2) is 36.5 Å². The predicted octanol–water partition coefficient (Wildman–Crippen LogP) is 2.48. The molecule has 4 aromatic rings. The van der Waals surface area contributed by atoms with Crippen molar-refractivity contribution < 1.29 is 43.2 Å². The van der Waals surface area contributed by atoms with Crippen LogP contribution in [-0.4, -0.2) is 83.4 Å². The Morgan fingerprint density at radius 2 is 2.05 bits per heavy atom. The molecular formula is C26H31IN7O9P. The van der Waals surface area contributed by atoms with Crippen LogP contribution in [0.5, 0.6) is 11.6 Å². The Morgan fingerprint density at radius 1 is 1.30 bits per heavy atom. The highest BCUT2D eigenvalue weighted by molar-refractivity contribution is 14.1. The van der Waals surface area contributed by atoms with Crippen LogP contribution >= 0.6 is 30.3 Å². The summed E-state index contributed by atoms with van der Waals surface area (Å²) in [5, 5.41) is 35.5. The van der Waals surface area contributed by atoms with E-state index in [2.05, 4.69) is 25.0 Å². The molecule has 1 saturated heterocycles. The van der Waals surface area contributed by atoms with Crippen molar-refractivity contribution in [1.82, 2.24) is 29.6 Å². The third kappa shape index (κ3) is 6.17. The molecule has 0 spiro atoms. The number of carbonyl (C=O) groups is 1. The van der Waals surface area contributed by atoms with Gasteiger partial charge in [-0.15, -0.1) is 0 Å². The molecule has 1 aliphatic rings. The Balaban J connectivity index is 1.44. The molecule has 0 aliphatic carbocycles. The molecule has 1 aliphatic heterocycles. The number of aromatic nitrogens is 5. The van der Waals surface area contributed by atoms with E-state index in [0.29, 0.717) is 14.7 Å². The number of halogens is 1. The number of anilines is 1. The second kappa shape index (κ2) is 12.3. The standard InChI is InChI=1S/C26H31IN7O9P/c1-12(2)17(22(36)37)33-44(39,43-14-7-8-15-13(10-14)6-5-9-29-15)41-11-16-19(35)26(3,38)23(42-16)34-20-18(30-24(34)27)21(40-4)32-25(28)31-20/h5-10,12,16-17,19,23,35,38H,11H2,1-4H3,(H,33,39)(H,36,37)(H2,28,31,32)/t16-,17?,19-,23?,26-,44?/m1/s1. The van der Waals surface area contributed by atoms with Gasteiger partial charge in [0.05, 0.1) is 19.2 Å². The molecule has 1 fully saturated rings. The Labute approximate surface area is 264 Å². The lowest BCUT2D eigenvalue weighted by Crippen LogP contribution is -2.45. The highest BCUT2D eigenvalue weighted by atomic mass is 127. The number of aliphatic carboxylic acids is 1. The van der Waals surface area contributed by atoms with Gasteiger partial charge in [-0.25, -0.2) is 9.55 Å². The van der Waals surface area contributed by atoms with Gasteiger partial charge in [0, 0.05) is 34.2 Å². The fourth-order valence-corrected chi connectivity index (χ4v) is 7.20. The fourth-order valence-electron chi connectivity index (χ4n) is 4.81. The maximum atomic E-state index is 14.1. The average molecular weight is 743 g/mol. The van der Waals surface area contributed by atoms with E-state index in [1.165, 1.54) is 24.7 Å². The van der Waals surface area contributed by atoms with Gasteiger partial charge in [0.2, 0.25) is 11.8 Å². The second-order valence-electron chi connectivity index (χ2n) is 10.6. The number of carboxylic acids is 1. The smallest absolute Gasteiger partial charge is 0.459 e. The first-order valence-electron chi connectivity index (χ1n) is 13.3. The molecule has 16 nitrogen and oxygen atoms in total. The van der Waals surface area contributed by atoms with Gasteiger partial charge in [-0.1, -0.05) is 19.9 Å². The molecule has 18 heteroatoms. The molecule has 3 unspecified atom stereocenters. The van der Waals surface area contributed by atoms with Gasteiger partial charge in [0.25, 0.3) is 0 Å². The zero-order valence-corrected chi connectivity index (χ0v) is 27.0.